The number of nitrogens with zero attached hydrogens (tertiary/aromatic N) is 2. The van der Waals surface area contributed by atoms with Gasteiger partial charge < -0.3 is 61.6 Å². The molecule has 9 N–H and O–H groups in total. The third-order valence-electron chi connectivity index (χ3n) is 13.4. The molecule has 23 heteroatoms. The van der Waals surface area contributed by atoms with E-state index in [1.54, 1.807) is 6.20 Å². The number of carbonyl (C=O) groups is 11. The number of aliphatic carboxylic acids is 2. The van der Waals surface area contributed by atoms with Crippen LogP contribution in [0.5, 0.6) is 0 Å². The van der Waals surface area contributed by atoms with Gasteiger partial charge in [0.25, 0.3) is 0 Å². The van der Waals surface area contributed by atoms with Crippen LogP contribution in [0.1, 0.15) is 130 Å². The van der Waals surface area contributed by atoms with E-state index in [9.17, 15) is 63.0 Å². The van der Waals surface area contributed by atoms with Gasteiger partial charge in [-0.25, -0.2) is 9.59 Å². The van der Waals surface area contributed by atoms with Gasteiger partial charge in [-0.3, -0.25) is 43.2 Å². The van der Waals surface area contributed by atoms with Gasteiger partial charge >= 0.3 is 17.9 Å². The Morgan fingerprint density at radius 1 is 0.724 bits per heavy atom. The zero-order chi connectivity index (χ0) is 55.9. The molecule has 0 unspecified atom stereocenters. The van der Waals surface area contributed by atoms with Gasteiger partial charge in [-0.15, -0.1) is 0 Å². The standard InChI is InChI=1S/C53H77N9O14/c1-6-8-17-36(47(68)54-25-24-32(3)4)57-48(69)37(18-9-7-2)58-49(70)38(20-12-13-23-46(67)76-5)59-50(71)39(29-45(65)66)56-43(63)30-44(64)61-26-14-21-41(61)51(72)60-40(52(73)62-27-15-22-42(62)53(74)75)28-33-31-55-35-19-11-10-16-34(33)35/h10-11,13,16,19,23,31-32,36-42,55H,6-9,12,14-15,17-18,20-22,24-30H2,1-5H3,(H,54,68)(H,56,63)(H,57,69)(H,58,70)(H,59,71)(H,60,72)(H,65,66)(H,74,75)/b23-13+/t36-,37-,38-,39+,40-,41-,42-/m0/s1. The molecule has 76 heavy (non-hydrogen) atoms. The number of likely N-dealkylation sites (tertiary alicyclic amines) is 2. The van der Waals surface area contributed by atoms with Crippen LogP contribution in [0, 0.1) is 5.92 Å². The molecular weight excluding hydrogens is 987 g/mol. The lowest BCUT2D eigenvalue weighted by molar-refractivity contribution is -0.150. The molecule has 7 atom stereocenters. The molecule has 0 radical (unpaired) electrons. The van der Waals surface area contributed by atoms with Crippen LogP contribution in [0.2, 0.25) is 0 Å². The fourth-order valence-corrected chi connectivity index (χ4v) is 9.24. The number of hydrogen-bond acceptors (Lipinski definition) is 12. The highest BCUT2D eigenvalue weighted by molar-refractivity contribution is 6.02. The number of aromatic nitrogens is 1. The number of carboxylic acids is 2. The number of rotatable bonds is 31. The second kappa shape index (κ2) is 30.9. The quantitative estimate of drug-likeness (QED) is 0.0297. The molecule has 23 nitrogen and oxygen atoms in total. The number of carboxylic acid groups (broad SMARTS) is 2. The topological polar surface area (TPSA) is 332 Å². The van der Waals surface area contributed by atoms with Crippen LogP contribution in [0.15, 0.2) is 42.6 Å². The predicted octanol–water partition coefficient (Wildman–Crippen LogP) is 2.12. The van der Waals surface area contributed by atoms with Crippen molar-refractivity contribution in [3.63, 3.8) is 0 Å². The second-order valence-corrected chi connectivity index (χ2v) is 19.7. The van der Waals surface area contributed by atoms with Crippen LogP contribution in [-0.4, -0.2) is 159 Å². The zero-order valence-electron chi connectivity index (χ0n) is 44.3. The highest BCUT2D eigenvalue weighted by atomic mass is 16.5. The first-order chi connectivity index (χ1) is 36.3. The van der Waals surface area contributed by atoms with E-state index in [0.717, 1.165) is 34.7 Å². The van der Waals surface area contributed by atoms with Crippen LogP contribution in [0.25, 0.3) is 10.9 Å². The van der Waals surface area contributed by atoms with E-state index in [-0.39, 0.29) is 57.5 Å². The monoisotopic (exact) mass is 1060 g/mol. The van der Waals surface area contributed by atoms with Crippen molar-refractivity contribution in [1.29, 1.82) is 0 Å². The molecule has 2 aliphatic heterocycles. The lowest BCUT2D eigenvalue weighted by Crippen LogP contribution is -2.58. The number of para-hydroxylation sites is 1. The highest BCUT2D eigenvalue weighted by Crippen LogP contribution is 2.25. The summed E-state index contributed by atoms with van der Waals surface area (Å²) in [6, 6.07) is -1.48. The number of carbonyl (C=O) groups excluding carboxylic acids is 9. The van der Waals surface area contributed by atoms with Gasteiger partial charge in [-0.1, -0.05) is 77.7 Å². The van der Waals surface area contributed by atoms with E-state index in [4.69, 9.17) is 0 Å². The molecule has 0 aliphatic carbocycles. The minimum Gasteiger partial charge on any atom is -0.481 e. The Hall–Kier alpha value is -7.33. The third-order valence-corrected chi connectivity index (χ3v) is 13.4. The predicted molar refractivity (Wildman–Crippen MR) is 278 cm³/mol. The fraction of sp³-hybridized carbons (Fsp3) is 0.604. The molecule has 3 heterocycles. The Bertz CT molecular complexity index is 2400. The number of unbranched alkanes of at least 4 members (excludes halogenated alkanes) is 2. The smallest absolute Gasteiger partial charge is 0.330 e. The maximum atomic E-state index is 14.1. The molecule has 2 aromatic rings. The van der Waals surface area contributed by atoms with E-state index < -0.39 is 114 Å². The minimum absolute atomic E-state index is 0.00299. The Morgan fingerprint density at radius 2 is 1.32 bits per heavy atom. The van der Waals surface area contributed by atoms with Crippen LogP contribution >= 0.6 is 0 Å². The van der Waals surface area contributed by atoms with E-state index in [0.29, 0.717) is 56.6 Å². The Labute approximate surface area is 442 Å². The summed E-state index contributed by atoms with van der Waals surface area (Å²) in [5.41, 5.74) is 1.46. The summed E-state index contributed by atoms with van der Waals surface area (Å²) < 4.78 is 4.63. The Morgan fingerprint density at radius 3 is 1.92 bits per heavy atom. The summed E-state index contributed by atoms with van der Waals surface area (Å²) in [6.45, 7) is 8.48. The molecule has 4 rings (SSSR count). The average molecular weight is 1060 g/mol. The number of aromatic amines is 1. The first kappa shape index (κ1) is 61.2. The molecule has 2 saturated heterocycles. The highest BCUT2D eigenvalue weighted by Gasteiger charge is 2.41. The van der Waals surface area contributed by atoms with Crippen LogP contribution in [-0.2, 0) is 63.9 Å². The minimum atomic E-state index is -1.83. The first-order valence-electron chi connectivity index (χ1n) is 26.4. The number of allylic oxidation sites excluding steroid dienone is 1. The van der Waals surface area contributed by atoms with Crippen molar-refractivity contribution in [1.82, 2.24) is 46.7 Å². The SMILES string of the molecule is CCCC[C@H](NC(=O)[C@H](CCCC)NC(=O)[C@H](CC/C=C/C(=O)OC)NC(=O)[C@@H](CC(=O)O)NC(=O)CC(=O)N1CCC[C@H]1C(=O)N[C@@H](Cc1c[nH]c2ccccc12)C(=O)N1CCC[C@H]1C(=O)O)C(=O)NCCC(C)C. The van der Waals surface area contributed by atoms with Crippen molar-refractivity contribution in [3.8, 4) is 0 Å². The average Bonchev–Trinajstić information content (AvgIpc) is 4.18. The summed E-state index contributed by atoms with van der Waals surface area (Å²) in [6.07, 6.45) is 7.04. The van der Waals surface area contributed by atoms with Crippen molar-refractivity contribution in [2.75, 3.05) is 26.7 Å². The lowest BCUT2D eigenvalue weighted by Gasteiger charge is -2.30. The van der Waals surface area contributed by atoms with Crippen LogP contribution < -0.4 is 31.9 Å². The molecule has 418 valence electrons. The number of esters is 1. The normalized spacial score (nSPS) is 17.3. The zero-order valence-corrected chi connectivity index (χ0v) is 44.3. The van der Waals surface area contributed by atoms with Crippen LogP contribution in [0.4, 0.5) is 0 Å². The maximum Gasteiger partial charge on any atom is 0.330 e. The molecule has 1 aromatic carbocycles. The van der Waals surface area contributed by atoms with Gasteiger partial charge in [-0.2, -0.15) is 0 Å². The molecule has 0 bridgehead atoms. The third kappa shape index (κ3) is 18.8. The van der Waals surface area contributed by atoms with E-state index in [1.165, 1.54) is 18.1 Å². The largest absolute Gasteiger partial charge is 0.481 e. The molecule has 2 aliphatic rings. The van der Waals surface area contributed by atoms with Crippen molar-refractivity contribution < 1.29 is 67.7 Å². The summed E-state index contributed by atoms with van der Waals surface area (Å²) in [5.74, 6) is -9.28. The van der Waals surface area contributed by atoms with E-state index >= 15 is 0 Å². The number of benzene rings is 1. The first-order valence-corrected chi connectivity index (χ1v) is 26.4. The fourth-order valence-electron chi connectivity index (χ4n) is 9.24. The molecule has 0 spiro atoms. The van der Waals surface area contributed by atoms with Gasteiger partial charge in [0, 0.05) is 49.2 Å². The molecule has 2 fully saturated rings. The summed E-state index contributed by atoms with van der Waals surface area (Å²) in [7, 11) is 1.17. The van der Waals surface area contributed by atoms with Crippen molar-refractivity contribution in [2.45, 2.75) is 173 Å². The second-order valence-electron chi connectivity index (χ2n) is 19.7. The van der Waals surface area contributed by atoms with Gasteiger partial charge in [0.15, 0.2) is 0 Å². The van der Waals surface area contributed by atoms with E-state index in [2.05, 4.69) is 41.6 Å². The van der Waals surface area contributed by atoms with Crippen LogP contribution in [0.3, 0.4) is 0 Å². The van der Waals surface area contributed by atoms with Crippen molar-refractivity contribution in [3.05, 3.63) is 48.2 Å². The Balaban J connectivity index is 1.49. The van der Waals surface area contributed by atoms with Gasteiger partial charge in [0.05, 0.1) is 13.5 Å². The Kier molecular flexibility index (Phi) is 24.9. The maximum absolute atomic E-state index is 14.1. The summed E-state index contributed by atoms with van der Waals surface area (Å²) in [5, 5.41) is 36.3. The lowest BCUT2D eigenvalue weighted by atomic mass is 10.0. The molecule has 0 saturated carbocycles. The number of hydrogen-bond donors (Lipinski definition) is 9. The van der Waals surface area contributed by atoms with Gasteiger partial charge in [0.1, 0.15) is 48.7 Å². The number of ether oxygens (including phenoxy) is 1. The van der Waals surface area contributed by atoms with Gasteiger partial charge in [-0.05, 0) is 75.3 Å². The number of methoxy groups -OCH3 is 1. The van der Waals surface area contributed by atoms with Crippen molar-refractivity contribution in [2.24, 2.45) is 5.92 Å². The molecule has 1 aromatic heterocycles. The summed E-state index contributed by atoms with van der Waals surface area (Å²) >= 11 is 0. The molecule has 8 amide bonds. The van der Waals surface area contributed by atoms with Gasteiger partial charge in [0.2, 0.25) is 47.3 Å². The number of amides is 8. The number of H-pyrrole nitrogens is 1. The van der Waals surface area contributed by atoms with E-state index in [1.807, 2.05) is 52.0 Å². The molecular formula is C53H77N9O14. The van der Waals surface area contributed by atoms with Crippen molar-refractivity contribution >= 4 is 76.1 Å². The summed E-state index contributed by atoms with van der Waals surface area (Å²) in [4.78, 5) is 152. The number of nitrogens with one attached hydrogen (secondary N) is 7. The number of fused-ring (bicyclic) bond motifs is 1.